The van der Waals surface area contributed by atoms with Crippen LogP contribution in [-0.4, -0.2) is 4.02 Å². The van der Waals surface area contributed by atoms with Crippen LogP contribution in [0.15, 0.2) is 23.8 Å². The van der Waals surface area contributed by atoms with Gasteiger partial charge in [-0.05, 0) is 0 Å². The van der Waals surface area contributed by atoms with E-state index in [4.69, 9.17) is 5.84 Å². The fraction of sp³-hybridized carbons (Fsp3) is 0.286. The molecule has 0 aromatic rings. The van der Waals surface area contributed by atoms with Crippen molar-refractivity contribution in [2.24, 2.45) is 5.84 Å². The van der Waals surface area contributed by atoms with Gasteiger partial charge in [0.2, 0.25) is 0 Å². The Morgan fingerprint density at radius 3 is 2.40 bits per heavy atom. The average Bonchev–Trinajstić information content (AvgIpc) is 1.85. The predicted molar refractivity (Wildman–Crippen MR) is 40.9 cm³/mol. The third kappa shape index (κ3) is 3.89. The van der Waals surface area contributed by atoms with Crippen molar-refractivity contribution in [3.05, 3.63) is 23.8 Å². The summed E-state index contributed by atoms with van der Waals surface area (Å²) in [5, 5.41) is 0. The van der Waals surface area contributed by atoms with Gasteiger partial charge in [-0.3, -0.25) is 0 Å². The van der Waals surface area contributed by atoms with Crippen molar-refractivity contribution in [2.45, 2.75) is 13.8 Å². The Bertz CT molecular complexity index is 182. The van der Waals surface area contributed by atoms with Crippen LogP contribution in [0.2, 0.25) is 0 Å². The maximum absolute atomic E-state index is 5.21. The van der Waals surface area contributed by atoms with E-state index < -0.39 is 0 Å². The first kappa shape index (κ1) is 9.96. The molecule has 0 fully saturated rings. The first-order chi connectivity index (χ1) is 4.57. The summed E-state index contributed by atoms with van der Waals surface area (Å²) in [7, 11) is 0. The predicted octanol–water partition coefficient (Wildman–Crippen LogP) is 0.649. The van der Waals surface area contributed by atoms with Gasteiger partial charge in [-0.25, -0.2) is 0 Å². The quantitative estimate of drug-likeness (QED) is 0.456. The molecule has 56 valence electrons. The van der Waals surface area contributed by atoms with Crippen molar-refractivity contribution < 1.29 is 19.4 Å². The molecule has 3 heteroatoms. The Balaban J connectivity index is 4.19. The summed E-state index contributed by atoms with van der Waals surface area (Å²) in [6.07, 6.45) is 2.00. The second kappa shape index (κ2) is 4.72. The monoisotopic (exact) mass is 308 g/mol. The first-order valence-corrected chi connectivity index (χ1v) is 4.39. The third-order valence-electron chi connectivity index (χ3n) is 0.952. The van der Waals surface area contributed by atoms with Gasteiger partial charge in [0, 0.05) is 0 Å². The Morgan fingerprint density at radius 2 is 2.10 bits per heavy atom. The minimum atomic E-state index is 1.05. The van der Waals surface area contributed by atoms with Crippen molar-refractivity contribution in [2.75, 3.05) is 0 Å². The Hall–Kier alpha value is -0.0417. The summed E-state index contributed by atoms with van der Waals surface area (Å²) in [6.45, 7) is 7.73. The fourth-order valence-corrected chi connectivity index (χ4v) is 0.761. The summed E-state index contributed by atoms with van der Waals surface area (Å²) in [4.78, 5) is 0. The second-order valence-electron chi connectivity index (χ2n) is 2.15. The number of hydrogen-bond acceptors (Lipinski definition) is 2. The van der Waals surface area contributed by atoms with Crippen molar-refractivity contribution in [1.82, 2.24) is 5.43 Å². The van der Waals surface area contributed by atoms with Crippen molar-refractivity contribution in [1.29, 1.82) is 0 Å². The molecule has 2 nitrogen and oxygen atoms in total. The van der Waals surface area contributed by atoms with Crippen molar-refractivity contribution >= 4 is 4.02 Å². The van der Waals surface area contributed by atoms with Crippen molar-refractivity contribution in [3.63, 3.8) is 0 Å². The van der Waals surface area contributed by atoms with Crippen molar-refractivity contribution in [3.8, 4) is 0 Å². The van der Waals surface area contributed by atoms with Gasteiger partial charge in [0.25, 0.3) is 0 Å². The van der Waals surface area contributed by atoms with E-state index >= 15 is 0 Å². The molecule has 0 amide bonds. The molecule has 0 aliphatic heterocycles. The minimum absolute atomic E-state index is 1.05. The maximum atomic E-state index is 5.21. The van der Waals surface area contributed by atoms with E-state index in [9.17, 15) is 0 Å². The van der Waals surface area contributed by atoms with Gasteiger partial charge < -0.3 is 0 Å². The van der Waals surface area contributed by atoms with E-state index in [0.29, 0.717) is 0 Å². The second-order valence-corrected chi connectivity index (χ2v) is 3.61. The van der Waals surface area contributed by atoms with Gasteiger partial charge in [0.05, 0.1) is 0 Å². The van der Waals surface area contributed by atoms with Crippen LogP contribution in [0.25, 0.3) is 0 Å². The zero-order chi connectivity index (χ0) is 8.15. The van der Waals surface area contributed by atoms with Gasteiger partial charge in [-0.15, -0.1) is 0 Å². The van der Waals surface area contributed by atoms with Crippen LogP contribution < -0.4 is 11.3 Å². The molecule has 0 radical (unpaired) electrons. The molecule has 0 saturated heterocycles. The zero-order valence-corrected chi connectivity index (χ0v) is 9.20. The van der Waals surface area contributed by atoms with Crippen LogP contribution in [0.3, 0.4) is 0 Å². The molecule has 0 aliphatic rings. The van der Waals surface area contributed by atoms with E-state index in [1.165, 1.54) is 19.4 Å². The molecule has 0 spiro atoms. The van der Waals surface area contributed by atoms with Gasteiger partial charge in [0.15, 0.2) is 0 Å². The Morgan fingerprint density at radius 1 is 1.60 bits per heavy atom. The summed E-state index contributed by atoms with van der Waals surface area (Å²) >= 11 is 1.34. The summed E-state index contributed by atoms with van der Waals surface area (Å²) < 4.78 is 1.06. The summed E-state index contributed by atoms with van der Waals surface area (Å²) in [5.74, 6) is 5.21. The van der Waals surface area contributed by atoms with Crippen LogP contribution in [0.5, 0.6) is 0 Å². The van der Waals surface area contributed by atoms with Crippen LogP contribution in [0.4, 0.5) is 0 Å². The van der Waals surface area contributed by atoms with E-state index in [1.54, 1.807) is 0 Å². The molecular weight excluding hydrogens is 296 g/mol. The number of rotatable bonds is 3. The molecule has 0 rings (SSSR count). The summed E-state index contributed by atoms with van der Waals surface area (Å²) in [5.41, 5.74) is 4.82. The average molecular weight is 308 g/mol. The Kier molecular flexibility index (Phi) is 4.71. The number of hydrazine groups is 1. The third-order valence-corrected chi connectivity index (χ3v) is 2.53. The topological polar surface area (TPSA) is 38.0 Å². The molecule has 0 aliphatic carbocycles. The van der Waals surface area contributed by atoms with Crippen LogP contribution in [-0.2, 0) is 19.4 Å². The molecule has 0 heterocycles. The Labute approximate surface area is 72.6 Å². The molecular formula is C7H12N2W. The molecule has 0 aromatic heterocycles. The molecule has 0 aromatic carbocycles. The van der Waals surface area contributed by atoms with E-state index in [-0.39, 0.29) is 0 Å². The van der Waals surface area contributed by atoms with Gasteiger partial charge >= 0.3 is 72.3 Å². The van der Waals surface area contributed by atoms with E-state index in [2.05, 4.69) is 12.0 Å². The standard InChI is InChI=1S/C7H12N2.W/c1-6(2)4-7(3)5-9-8;/h4,9H,1,8H2,2-3H3;. The number of allylic oxidation sites excluding steroid dienone is 2. The zero-order valence-electron chi connectivity index (χ0n) is 6.27. The molecule has 0 unspecified atom stereocenters. The van der Waals surface area contributed by atoms with Gasteiger partial charge in [-0.2, -0.15) is 0 Å². The van der Waals surface area contributed by atoms with Crippen LogP contribution >= 0.6 is 0 Å². The van der Waals surface area contributed by atoms with Crippen LogP contribution in [0, 0.1) is 0 Å². The molecule has 0 bridgehead atoms. The SMILES string of the molecule is C=C(C)C=C(C)[C](=[W])NN. The number of hydrogen-bond donors (Lipinski definition) is 2. The summed E-state index contributed by atoms with van der Waals surface area (Å²) in [6, 6.07) is 0. The number of nitrogens with one attached hydrogen (secondary N) is 1. The van der Waals surface area contributed by atoms with E-state index in [1.807, 2.05) is 19.9 Å². The molecule has 0 atom stereocenters. The van der Waals surface area contributed by atoms with Gasteiger partial charge in [0.1, 0.15) is 0 Å². The number of nitrogens with two attached hydrogens (primary N) is 1. The van der Waals surface area contributed by atoms with Crippen LogP contribution in [0.1, 0.15) is 13.8 Å². The van der Waals surface area contributed by atoms with Gasteiger partial charge in [-0.1, -0.05) is 0 Å². The molecule has 0 saturated carbocycles. The fourth-order valence-electron chi connectivity index (χ4n) is 0.549. The molecule has 10 heavy (non-hydrogen) atoms. The van der Waals surface area contributed by atoms with E-state index in [0.717, 1.165) is 15.2 Å². The first-order valence-electron chi connectivity index (χ1n) is 2.92. The molecule has 3 N–H and O–H groups in total. The normalized spacial score (nSPS) is 11.3.